The minimum Gasteiger partial charge on any atom is -0.481 e. The standard InChI is InChI=1S/C13H24N2O4/c1-3-13(4-2,11(16)17)9-15-12(18)14-8-10-6-5-7-19-10/h10H,3-9H2,1-2H3,(H,16,17)(H2,14,15,18). The fourth-order valence-corrected chi connectivity index (χ4v) is 2.20. The molecule has 0 radical (unpaired) electrons. The molecule has 0 aliphatic carbocycles. The Kier molecular flexibility index (Phi) is 6.08. The average Bonchev–Trinajstić information content (AvgIpc) is 2.91. The summed E-state index contributed by atoms with van der Waals surface area (Å²) >= 11 is 0. The van der Waals surface area contributed by atoms with E-state index in [0.717, 1.165) is 19.4 Å². The van der Waals surface area contributed by atoms with Crippen LogP contribution in [0.25, 0.3) is 0 Å². The molecule has 1 unspecified atom stereocenters. The summed E-state index contributed by atoms with van der Waals surface area (Å²) < 4.78 is 5.39. The Hall–Kier alpha value is -1.30. The van der Waals surface area contributed by atoms with Crippen LogP contribution in [0, 0.1) is 5.41 Å². The van der Waals surface area contributed by atoms with Gasteiger partial charge in [-0.05, 0) is 25.7 Å². The van der Waals surface area contributed by atoms with Gasteiger partial charge in [0.2, 0.25) is 0 Å². The lowest BCUT2D eigenvalue weighted by Gasteiger charge is -2.27. The fourth-order valence-electron chi connectivity index (χ4n) is 2.20. The Bertz CT molecular complexity index is 310. The van der Waals surface area contributed by atoms with Gasteiger partial charge >= 0.3 is 12.0 Å². The molecule has 3 N–H and O–H groups in total. The van der Waals surface area contributed by atoms with E-state index in [-0.39, 0.29) is 18.7 Å². The van der Waals surface area contributed by atoms with E-state index in [1.807, 2.05) is 13.8 Å². The van der Waals surface area contributed by atoms with Crippen LogP contribution >= 0.6 is 0 Å². The molecular formula is C13H24N2O4. The summed E-state index contributed by atoms with van der Waals surface area (Å²) in [5.74, 6) is -0.864. The predicted octanol–water partition coefficient (Wildman–Crippen LogP) is 1.36. The zero-order valence-corrected chi connectivity index (χ0v) is 11.7. The molecule has 19 heavy (non-hydrogen) atoms. The molecule has 0 spiro atoms. The van der Waals surface area contributed by atoms with Crippen molar-refractivity contribution < 1.29 is 19.4 Å². The first kappa shape index (κ1) is 15.8. The number of hydrogen-bond acceptors (Lipinski definition) is 3. The van der Waals surface area contributed by atoms with E-state index in [4.69, 9.17) is 4.74 Å². The summed E-state index contributed by atoms with van der Waals surface area (Å²) in [6.07, 6.45) is 3.06. The number of nitrogens with one attached hydrogen (secondary N) is 2. The number of carbonyl (C=O) groups excluding carboxylic acids is 1. The van der Waals surface area contributed by atoms with Crippen molar-refractivity contribution in [1.82, 2.24) is 10.6 Å². The normalized spacial score (nSPS) is 19.2. The number of carboxylic acids is 1. The summed E-state index contributed by atoms with van der Waals surface area (Å²) in [5, 5.41) is 14.6. The van der Waals surface area contributed by atoms with Crippen LogP contribution in [0.1, 0.15) is 39.5 Å². The van der Waals surface area contributed by atoms with Crippen molar-refractivity contribution in [3.05, 3.63) is 0 Å². The molecule has 110 valence electrons. The quantitative estimate of drug-likeness (QED) is 0.653. The monoisotopic (exact) mass is 272 g/mol. The molecule has 1 rings (SSSR count). The highest BCUT2D eigenvalue weighted by molar-refractivity contribution is 5.78. The molecule has 1 aliphatic heterocycles. The second-order valence-corrected chi connectivity index (χ2v) is 4.99. The highest BCUT2D eigenvalue weighted by Gasteiger charge is 2.35. The SMILES string of the molecule is CCC(CC)(CNC(=O)NCC1CCCO1)C(=O)O. The molecule has 0 aromatic heterocycles. The van der Waals surface area contributed by atoms with E-state index in [1.54, 1.807) is 0 Å². The van der Waals surface area contributed by atoms with Crippen molar-refractivity contribution in [3.63, 3.8) is 0 Å². The van der Waals surface area contributed by atoms with Gasteiger partial charge in [0, 0.05) is 19.7 Å². The highest BCUT2D eigenvalue weighted by Crippen LogP contribution is 2.25. The van der Waals surface area contributed by atoms with Crippen molar-refractivity contribution in [2.75, 3.05) is 19.7 Å². The Morgan fingerprint density at radius 2 is 2.00 bits per heavy atom. The third-order valence-corrected chi connectivity index (χ3v) is 3.91. The molecule has 6 nitrogen and oxygen atoms in total. The number of carbonyl (C=O) groups is 2. The molecule has 0 aromatic carbocycles. The van der Waals surface area contributed by atoms with Crippen molar-refractivity contribution in [2.24, 2.45) is 5.41 Å². The molecule has 1 saturated heterocycles. The van der Waals surface area contributed by atoms with Gasteiger partial charge in [-0.3, -0.25) is 4.79 Å². The van der Waals surface area contributed by atoms with Crippen molar-refractivity contribution in [2.45, 2.75) is 45.6 Å². The topological polar surface area (TPSA) is 87.7 Å². The molecule has 0 saturated carbocycles. The van der Waals surface area contributed by atoms with Crippen LogP contribution < -0.4 is 10.6 Å². The van der Waals surface area contributed by atoms with Gasteiger partial charge in [0.05, 0.1) is 11.5 Å². The molecule has 0 aromatic rings. The summed E-state index contributed by atoms with van der Waals surface area (Å²) in [6.45, 7) is 5.02. The summed E-state index contributed by atoms with van der Waals surface area (Å²) in [4.78, 5) is 22.9. The second-order valence-electron chi connectivity index (χ2n) is 4.99. The van der Waals surface area contributed by atoms with Crippen molar-refractivity contribution >= 4 is 12.0 Å². The van der Waals surface area contributed by atoms with E-state index in [1.165, 1.54) is 0 Å². The maximum atomic E-state index is 11.6. The average molecular weight is 272 g/mol. The third-order valence-electron chi connectivity index (χ3n) is 3.91. The zero-order chi connectivity index (χ0) is 14.3. The van der Waals surface area contributed by atoms with Crippen LogP contribution in [0.4, 0.5) is 4.79 Å². The number of ether oxygens (including phenoxy) is 1. The number of urea groups is 1. The van der Waals surface area contributed by atoms with Gasteiger partial charge in [0.1, 0.15) is 0 Å². The molecular weight excluding hydrogens is 248 g/mol. The second kappa shape index (κ2) is 7.33. The Balaban J connectivity index is 2.32. The Labute approximate surface area is 113 Å². The first-order valence-corrected chi connectivity index (χ1v) is 6.90. The molecule has 1 aliphatic rings. The van der Waals surface area contributed by atoms with Crippen molar-refractivity contribution in [3.8, 4) is 0 Å². The summed E-state index contributed by atoms with van der Waals surface area (Å²) in [5.41, 5.74) is -0.874. The first-order chi connectivity index (χ1) is 9.04. The smallest absolute Gasteiger partial charge is 0.314 e. The maximum absolute atomic E-state index is 11.6. The maximum Gasteiger partial charge on any atom is 0.314 e. The van der Waals surface area contributed by atoms with E-state index >= 15 is 0 Å². The molecule has 1 heterocycles. The lowest BCUT2D eigenvalue weighted by Crippen LogP contribution is -2.47. The first-order valence-electron chi connectivity index (χ1n) is 6.90. The lowest BCUT2D eigenvalue weighted by molar-refractivity contribution is -0.149. The van der Waals surface area contributed by atoms with Crippen LogP contribution in [0.3, 0.4) is 0 Å². The fraction of sp³-hybridized carbons (Fsp3) is 0.846. The van der Waals surface area contributed by atoms with E-state index in [9.17, 15) is 14.7 Å². The number of aliphatic carboxylic acids is 1. The van der Waals surface area contributed by atoms with Gasteiger partial charge in [0.15, 0.2) is 0 Å². The minimum absolute atomic E-state index is 0.0901. The van der Waals surface area contributed by atoms with Gasteiger partial charge in [-0.15, -0.1) is 0 Å². The number of carboxylic acid groups (broad SMARTS) is 1. The minimum atomic E-state index is -0.874. The molecule has 2 amide bonds. The van der Waals surface area contributed by atoms with Gasteiger partial charge in [0.25, 0.3) is 0 Å². The van der Waals surface area contributed by atoms with Gasteiger partial charge in [-0.25, -0.2) is 4.79 Å². The van der Waals surface area contributed by atoms with Crippen LogP contribution in [-0.2, 0) is 9.53 Å². The van der Waals surface area contributed by atoms with Crippen LogP contribution in [0.5, 0.6) is 0 Å². The Morgan fingerprint density at radius 3 is 2.47 bits per heavy atom. The predicted molar refractivity (Wildman–Crippen MR) is 71.0 cm³/mol. The van der Waals surface area contributed by atoms with Crippen molar-refractivity contribution in [1.29, 1.82) is 0 Å². The molecule has 1 atom stereocenters. The number of amides is 2. The third kappa shape index (κ3) is 4.38. The van der Waals surface area contributed by atoms with E-state index in [2.05, 4.69) is 10.6 Å². The zero-order valence-electron chi connectivity index (χ0n) is 11.7. The van der Waals surface area contributed by atoms with Crippen LogP contribution in [-0.4, -0.2) is 42.9 Å². The molecule has 6 heteroatoms. The molecule has 0 bridgehead atoms. The lowest BCUT2D eigenvalue weighted by atomic mass is 9.82. The highest BCUT2D eigenvalue weighted by atomic mass is 16.5. The number of hydrogen-bond donors (Lipinski definition) is 3. The summed E-state index contributed by atoms with van der Waals surface area (Å²) in [6, 6.07) is -0.331. The van der Waals surface area contributed by atoms with E-state index < -0.39 is 11.4 Å². The summed E-state index contributed by atoms with van der Waals surface area (Å²) in [7, 11) is 0. The van der Waals surface area contributed by atoms with Crippen LogP contribution in [0.2, 0.25) is 0 Å². The largest absolute Gasteiger partial charge is 0.481 e. The number of rotatable bonds is 7. The van der Waals surface area contributed by atoms with Gasteiger partial charge < -0.3 is 20.5 Å². The van der Waals surface area contributed by atoms with Gasteiger partial charge in [-0.1, -0.05) is 13.8 Å². The van der Waals surface area contributed by atoms with E-state index in [0.29, 0.717) is 19.4 Å². The van der Waals surface area contributed by atoms with Crippen LogP contribution in [0.15, 0.2) is 0 Å². The molecule has 1 fully saturated rings. The van der Waals surface area contributed by atoms with Gasteiger partial charge in [-0.2, -0.15) is 0 Å². The Morgan fingerprint density at radius 1 is 1.32 bits per heavy atom.